The third kappa shape index (κ3) is 4.51. The molecular formula is C28H30N2O2. The van der Waals surface area contributed by atoms with E-state index in [1.165, 1.54) is 5.56 Å². The molecule has 4 heteroatoms. The molecule has 0 radical (unpaired) electrons. The van der Waals surface area contributed by atoms with Crippen molar-refractivity contribution in [2.45, 2.75) is 32.2 Å². The molecule has 0 aliphatic carbocycles. The first-order chi connectivity index (χ1) is 15.4. The van der Waals surface area contributed by atoms with E-state index < -0.39 is 5.54 Å². The molecule has 1 amide bonds. The molecule has 1 aliphatic rings. The Hall–Kier alpha value is -3.24. The summed E-state index contributed by atoms with van der Waals surface area (Å²) in [7, 11) is 0. The van der Waals surface area contributed by atoms with Gasteiger partial charge in [0.25, 0.3) is 0 Å². The van der Waals surface area contributed by atoms with Gasteiger partial charge in [-0.05, 0) is 38.5 Å². The number of nitrogens with one attached hydrogen (secondary N) is 1. The van der Waals surface area contributed by atoms with E-state index >= 15 is 0 Å². The van der Waals surface area contributed by atoms with Crippen LogP contribution in [0.5, 0.6) is 0 Å². The summed E-state index contributed by atoms with van der Waals surface area (Å²) in [6, 6.07) is 26.9. The highest BCUT2D eigenvalue weighted by molar-refractivity contribution is 6.10. The van der Waals surface area contributed by atoms with Crippen LogP contribution in [0.1, 0.15) is 48.2 Å². The van der Waals surface area contributed by atoms with Crippen molar-refractivity contribution in [3.05, 3.63) is 102 Å². The fourth-order valence-electron chi connectivity index (χ4n) is 4.54. The van der Waals surface area contributed by atoms with Crippen LogP contribution in [0.2, 0.25) is 0 Å². The molecule has 2 atom stereocenters. The molecular weight excluding hydrogens is 396 g/mol. The van der Waals surface area contributed by atoms with E-state index in [1.807, 2.05) is 98.5 Å². The van der Waals surface area contributed by atoms with Gasteiger partial charge in [0.2, 0.25) is 5.91 Å². The first-order valence-corrected chi connectivity index (χ1v) is 11.2. The van der Waals surface area contributed by atoms with Crippen LogP contribution in [0.3, 0.4) is 0 Å². The van der Waals surface area contributed by atoms with Crippen LogP contribution in [0.4, 0.5) is 5.69 Å². The largest absolute Gasteiger partial charge is 0.315 e. The second kappa shape index (κ2) is 9.09. The number of nitrogens with zero attached hydrogens (tertiary/aromatic N) is 1. The van der Waals surface area contributed by atoms with Crippen LogP contribution >= 0.6 is 0 Å². The average Bonchev–Trinajstić information content (AvgIpc) is 3.29. The minimum absolute atomic E-state index is 0.0431. The van der Waals surface area contributed by atoms with E-state index in [0.717, 1.165) is 12.2 Å². The summed E-state index contributed by atoms with van der Waals surface area (Å²) in [6.45, 7) is 7.54. The van der Waals surface area contributed by atoms with Gasteiger partial charge in [-0.1, -0.05) is 72.8 Å². The molecule has 3 aromatic carbocycles. The van der Waals surface area contributed by atoms with Gasteiger partial charge >= 0.3 is 0 Å². The van der Waals surface area contributed by atoms with Crippen molar-refractivity contribution >= 4 is 17.4 Å². The highest BCUT2D eigenvalue weighted by Crippen LogP contribution is 2.34. The van der Waals surface area contributed by atoms with Crippen molar-refractivity contribution < 1.29 is 9.59 Å². The van der Waals surface area contributed by atoms with Crippen LogP contribution in [-0.4, -0.2) is 30.3 Å². The molecule has 1 saturated heterocycles. The monoisotopic (exact) mass is 426 g/mol. The molecule has 4 nitrogen and oxygen atoms in total. The fraction of sp³-hybridized carbons (Fsp3) is 0.286. The van der Waals surface area contributed by atoms with Gasteiger partial charge in [0.15, 0.2) is 5.78 Å². The van der Waals surface area contributed by atoms with Crippen molar-refractivity contribution in [1.82, 2.24) is 5.32 Å². The van der Waals surface area contributed by atoms with E-state index in [1.54, 1.807) is 0 Å². The number of hydrogen-bond donors (Lipinski definition) is 1. The van der Waals surface area contributed by atoms with E-state index in [-0.39, 0.29) is 23.5 Å². The van der Waals surface area contributed by atoms with Crippen molar-refractivity contribution in [3.8, 4) is 0 Å². The molecule has 3 aromatic rings. The number of hydrogen-bond acceptors (Lipinski definition) is 3. The normalized spacial score (nSPS) is 18.3. The molecule has 1 aliphatic heterocycles. The van der Waals surface area contributed by atoms with Crippen LogP contribution in [0.15, 0.2) is 84.9 Å². The third-order valence-electron chi connectivity index (χ3n) is 6.05. The summed E-state index contributed by atoms with van der Waals surface area (Å²) in [5, 5.41) is 3.41. The Labute approximate surface area is 190 Å². The van der Waals surface area contributed by atoms with E-state index in [2.05, 4.69) is 17.4 Å². The Morgan fingerprint density at radius 2 is 1.44 bits per heavy atom. The smallest absolute Gasteiger partial charge is 0.232 e. The quantitative estimate of drug-likeness (QED) is 0.581. The second-order valence-corrected chi connectivity index (χ2v) is 9.37. The number of anilines is 1. The van der Waals surface area contributed by atoms with Gasteiger partial charge in [-0.2, -0.15) is 0 Å². The highest BCUT2D eigenvalue weighted by atomic mass is 16.2. The van der Waals surface area contributed by atoms with E-state index in [0.29, 0.717) is 17.7 Å². The molecule has 164 valence electrons. The van der Waals surface area contributed by atoms with Crippen LogP contribution in [-0.2, 0) is 4.79 Å². The lowest BCUT2D eigenvalue weighted by Crippen LogP contribution is -2.50. The number of amides is 1. The number of ketones is 1. The van der Waals surface area contributed by atoms with Gasteiger partial charge in [-0.15, -0.1) is 0 Å². The zero-order chi connectivity index (χ0) is 22.7. The van der Waals surface area contributed by atoms with E-state index in [9.17, 15) is 9.59 Å². The lowest BCUT2D eigenvalue weighted by Gasteiger charge is -2.38. The SMILES string of the molecule is CC(C)(C)N(C(=O)[C@@H]1CNC[C@H]1c1ccccc1)c1cccc(C(=O)c2ccccc2)c1. The van der Waals surface area contributed by atoms with Crippen molar-refractivity contribution in [1.29, 1.82) is 0 Å². The maximum Gasteiger partial charge on any atom is 0.232 e. The van der Waals surface area contributed by atoms with Gasteiger partial charge in [-0.25, -0.2) is 0 Å². The van der Waals surface area contributed by atoms with Crippen molar-refractivity contribution in [2.24, 2.45) is 5.92 Å². The van der Waals surface area contributed by atoms with Gasteiger partial charge in [0.1, 0.15) is 0 Å². The number of carbonyl (C=O) groups is 2. The Kier molecular flexibility index (Phi) is 6.24. The van der Waals surface area contributed by atoms with Crippen LogP contribution < -0.4 is 10.2 Å². The lowest BCUT2D eigenvalue weighted by atomic mass is 9.86. The summed E-state index contributed by atoms with van der Waals surface area (Å²) >= 11 is 0. The van der Waals surface area contributed by atoms with Gasteiger partial charge < -0.3 is 10.2 Å². The van der Waals surface area contributed by atoms with E-state index in [4.69, 9.17) is 0 Å². The molecule has 0 aromatic heterocycles. The maximum atomic E-state index is 13.9. The molecule has 1 N–H and O–H groups in total. The molecule has 1 heterocycles. The minimum atomic E-state index is -0.435. The number of benzene rings is 3. The first-order valence-electron chi connectivity index (χ1n) is 11.2. The average molecular weight is 427 g/mol. The summed E-state index contributed by atoms with van der Waals surface area (Å²) in [5.41, 5.74) is 2.72. The summed E-state index contributed by atoms with van der Waals surface area (Å²) in [5.74, 6) is 0.00639. The second-order valence-electron chi connectivity index (χ2n) is 9.37. The molecule has 32 heavy (non-hydrogen) atoms. The Balaban J connectivity index is 1.68. The fourth-order valence-corrected chi connectivity index (χ4v) is 4.54. The predicted molar refractivity (Wildman–Crippen MR) is 129 cm³/mol. The maximum absolute atomic E-state index is 13.9. The summed E-state index contributed by atoms with van der Waals surface area (Å²) in [4.78, 5) is 28.8. The Morgan fingerprint density at radius 3 is 2.09 bits per heavy atom. The summed E-state index contributed by atoms with van der Waals surface area (Å²) < 4.78 is 0. The molecule has 0 unspecified atom stereocenters. The topological polar surface area (TPSA) is 49.4 Å². The van der Waals surface area contributed by atoms with Gasteiger partial charge in [0, 0.05) is 41.4 Å². The zero-order valence-corrected chi connectivity index (χ0v) is 18.9. The van der Waals surface area contributed by atoms with Crippen LogP contribution in [0, 0.1) is 5.92 Å². The van der Waals surface area contributed by atoms with Crippen LogP contribution in [0.25, 0.3) is 0 Å². The molecule has 0 bridgehead atoms. The Morgan fingerprint density at radius 1 is 0.812 bits per heavy atom. The Bertz CT molecular complexity index is 1090. The third-order valence-corrected chi connectivity index (χ3v) is 6.05. The number of rotatable bonds is 5. The first kappa shape index (κ1) is 22.0. The van der Waals surface area contributed by atoms with Gasteiger partial charge in [-0.3, -0.25) is 9.59 Å². The minimum Gasteiger partial charge on any atom is -0.315 e. The highest BCUT2D eigenvalue weighted by Gasteiger charge is 2.40. The summed E-state index contributed by atoms with van der Waals surface area (Å²) in [6.07, 6.45) is 0. The predicted octanol–water partition coefficient (Wildman–Crippen LogP) is 5.05. The van der Waals surface area contributed by atoms with Gasteiger partial charge in [0.05, 0.1) is 5.92 Å². The lowest BCUT2D eigenvalue weighted by molar-refractivity contribution is -0.123. The zero-order valence-electron chi connectivity index (χ0n) is 18.9. The van der Waals surface area contributed by atoms with Crippen molar-refractivity contribution in [2.75, 3.05) is 18.0 Å². The molecule has 0 saturated carbocycles. The molecule has 0 spiro atoms. The molecule has 4 rings (SSSR count). The molecule has 1 fully saturated rings. The number of carbonyl (C=O) groups excluding carboxylic acids is 2. The standard InChI is InChI=1S/C28H30N2O2/c1-28(2,3)30(27(32)25-19-29-18-24(25)20-11-6-4-7-12-20)23-16-10-15-22(17-23)26(31)21-13-8-5-9-14-21/h4-17,24-25,29H,18-19H2,1-3H3/t24-,25+/m0/s1. The van der Waals surface area contributed by atoms with Crippen molar-refractivity contribution in [3.63, 3.8) is 0 Å².